The molecule has 0 bridgehead atoms. The summed E-state index contributed by atoms with van der Waals surface area (Å²) >= 11 is 5.90. The topological polar surface area (TPSA) is 65.5 Å². The van der Waals surface area contributed by atoms with Gasteiger partial charge < -0.3 is 19.5 Å². The molecule has 1 N–H and O–H groups in total. The van der Waals surface area contributed by atoms with Crippen LogP contribution in [-0.4, -0.2) is 44.1 Å². The van der Waals surface area contributed by atoms with E-state index in [2.05, 4.69) is 15.3 Å². The summed E-state index contributed by atoms with van der Waals surface area (Å²) in [6.07, 6.45) is 1.10. The van der Waals surface area contributed by atoms with Gasteiger partial charge in [0.1, 0.15) is 5.02 Å². The zero-order valence-electron chi connectivity index (χ0n) is 9.36. The molecular weight excluding hydrogens is 234 g/mol. The van der Waals surface area contributed by atoms with E-state index in [1.807, 2.05) is 0 Å². The molecule has 0 atom stereocenters. The zero-order valence-corrected chi connectivity index (χ0v) is 10.1. The Morgan fingerprint density at radius 3 is 2.62 bits per heavy atom. The highest BCUT2D eigenvalue weighted by atomic mass is 35.5. The lowest BCUT2D eigenvalue weighted by Gasteiger charge is -2.15. The van der Waals surface area contributed by atoms with Gasteiger partial charge in [-0.15, -0.1) is 0 Å². The predicted molar refractivity (Wildman–Crippen MR) is 59.9 cm³/mol. The monoisotopic (exact) mass is 247 g/mol. The molecule has 0 saturated carbocycles. The van der Waals surface area contributed by atoms with Crippen molar-refractivity contribution < 1.29 is 14.2 Å². The molecule has 0 aliphatic carbocycles. The van der Waals surface area contributed by atoms with E-state index < -0.39 is 0 Å². The highest BCUT2D eigenvalue weighted by Gasteiger charge is 2.09. The third-order valence-corrected chi connectivity index (χ3v) is 2.14. The van der Waals surface area contributed by atoms with Crippen LogP contribution in [0.3, 0.4) is 0 Å². The number of nitrogens with zero attached hydrogens (tertiary/aromatic N) is 2. The Kier molecular flexibility index (Phi) is 5.24. The third-order valence-electron chi connectivity index (χ3n) is 1.87. The molecule has 1 rings (SSSR count). The molecule has 0 fully saturated rings. The second-order valence-electron chi connectivity index (χ2n) is 2.84. The number of rotatable bonds is 6. The minimum Gasteiger partial charge on any atom is -0.467 e. The van der Waals surface area contributed by atoms with Crippen LogP contribution in [0.2, 0.25) is 5.02 Å². The van der Waals surface area contributed by atoms with Gasteiger partial charge in [0, 0.05) is 14.2 Å². The Bertz CT molecular complexity index is 334. The maximum Gasteiger partial charge on any atom is 0.318 e. The summed E-state index contributed by atoms with van der Waals surface area (Å²) in [5.74, 6) is 0.479. The number of hydrogen-bond acceptors (Lipinski definition) is 6. The van der Waals surface area contributed by atoms with Gasteiger partial charge in [-0.25, -0.2) is 4.98 Å². The lowest BCUT2D eigenvalue weighted by Crippen LogP contribution is -2.24. The zero-order chi connectivity index (χ0) is 12.0. The Morgan fingerprint density at radius 2 is 2.06 bits per heavy atom. The molecular formula is C9H14ClN3O3. The molecule has 1 heterocycles. The number of anilines is 1. The Balaban J connectivity index is 2.65. The van der Waals surface area contributed by atoms with Gasteiger partial charge in [0.05, 0.1) is 19.9 Å². The SMILES string of the molecule is COc1ncc(Cl)c(NCC(OC)OC)n1. The van der Waals surface area contributed by atoms with Gasteiger partial charge in [0.15, 0.2) is 12.1 Å². The first-order valence-corrected chi connectivity index (χ1v) is 4.95. The van der Waals surface area contributed by atoms with Crippen LogP contribution >= 0.6 is 11.6 Å². The summed E-state index contributed by atoms with van der Waals surface area (Å²) in [7, 11) is 4.59. The van der Waals surface area contributed by atoms with Crippen LogP contribution in [0.15, 0.2) is 6.20 Å². The van der Waals surface area contributed by atoms with E-state index in [0.717, 1.165) is 0 Å². The fourth-order valence-corrected chi connectivity index (χ4v) is 1.17. The minimum atomic E-state index is -0.364. The van der Waals surface area contributed by atoms with Gasteiger partial charge in [-0.05, 0) is 0 Å². The average Bonchev–Trinajstić information content (AvgIpc) is 2.32. The Hall–Kier alpha value is -1.11. The van der Waals surface area contributed by atoms with Crippen molar-refractivity contribution in [2.24, 2.45) is 0 Å². The fraction of sp³-hybridized carbons (Fsp3) is 0.556. The van der Waals surface area contributed by atoms with Gasteiger partial charge in [-0.2, -0.15) is 4.98 Å². The molecule has 6 nitrogen and oxygen atoms in total. The van der Waals surface area contributed by atoms with Crippen molar-refractivity contribution in [1.82, 2.24) is 9.97 Å². The summed E-state index contributed by atoms with van der Waals surface area (Å²) in [4.78, 5) is 7.90. The molecule has 16 heavy (non-hydrogen) atoms. The second kappa shape index (κ2) is 6.47. The normalized spacial score (nSPS) is 10.6. The number of halogens is 1. The van der Waals surface area contributed by atoms with E-state index in [-0.39, 0.29) is 12.3 Å². The van der Waals surface area contributed by atoms with Crippen molar-refractivity contribution in [2.75, 3.05) is 33.2 Å². The quantitative estimate of drug-likeness (QED) is 0.762. The number of aromatic nitrogens is 2. The molecule has 0 amide bonds. The first-order valence-electron chi connectivity index (χ1n) is 4.57. The number of nitrogens with one attached hydrogen (secondary N) is 1. The highest BCUT2D eigenvalue weighted by Crippen LogP contribution is 2.19. The number of hydrogen-bond donors (Lipinski definition) is 1. The second-order valence-corrected chi connectivity index (χ2v) is 3.24. The first kappa shape index (κ1) is 13.0. The van der Waals surface area contributed by atoms with Crippen LogP contribution in [0.1, 0.15) is 0 Å². The Labute approximate surface area is 98.9 Å². The van der Waals surface area contributed by atoms with Crippen molar-refractivity contribution in [1.29, 1.82) is 0 Å². The van der Waals surface area contributed by atoms with Gasteiger partial charge in [-0.1, -0.05) is 11.6 Å². The fourth-order valence-electron chi connectivity index (χ4n) is 1.02. The van der Waals surface area contributed by atoms with Crippen LogP contribution < -0.4 is 10.1 Å². The molecule has 1 aromatic rings. The highest BCUT2D eigenvalue weighted by molar-refractivity contribution is 6.32. The van der Waals surface area contributed by atoms with Crippen molar-refractivity contribution >= 4 is 17.4 Å². The molecule has 0 aliphatic heterocycles. The van der Waals surface area contributed by atoms with Crippen molar-refractivity contribution in [3.8, 4) is 6.01 Å². The maximum atomic E-state index is 5.90. The molecule has 0 radical (unpaired) electrons. The molecule has 0 aliphatic rings. The summed E-state index contributed by atoms with van der Waals surface area (Å²) in [6, 6.07) is 0.248. The van der Waals surface area contributed by atoms with Crippen LogP contribution in [0.5, 0.6) is 6.01 Å². The van der Waals surface area contributed by atoms with Gasteiger partial charge in [0.2, 0.25) is 0 Å². The van der Waals surface area contributed by atoms with Crippen LogP contribution in [0.4, 0.5) is 5.82 Å². The van der Waals surface area contributed by atoms with E-state index in [4.69, 9.17) is 25.8 Å². The van der Waals surface area contributed by atoms with Gasteiger partial charge in [-0.3, -0.25) is 0 Å². The molecule has 90 valence electrons. The maximum absolute atomic E-state index is 5.90. The van der Waals surface area contributed by atoms with E-state index in [1.54, 1.807) is 14.2 Å². The van der Waals surface area contributed by atoms with E-state index in [0.29, 0.717) is 17.4 Å². The lowest BCUT2D eigenvalue weighted by atomic mass is 10.5. The minimum absolute atomic E-state index is 0.248. The average molecular weight is 248 g/mol. The van der Waals surface area contributed by atoms with Crippen molar-refractivity contribution in [3.05, 3.63) is 11.2 Å². The van der Waals surface area contributed by atoms with E-state index in [1.165, 1.54) is 13.3 Å². The molecule has 0 aromatic carbocycles. The number of methoxy groups -OCH3 is 3. The molecule has 0 unspecified atom stereocenters. The lowest BCUT2D eigenvalue weighted by molar-refractivity contribution is -0.0914. The van der Waals surface area contributed by atoms with E-state index >= 15 is 0 Å². The van der Waals surface area contributed by atoms with Crippen LogP contribution in [-0.2, 0) is 9.47 Å². The summed E-state index contributed by atoms with van der Waals surface area (Å²) in [5, 5.41) is 3.39. The Morgan fingerprint density at radius 1 is 1.38 bits per heavy atom. The molecule has 0 spiro atoms. The smallest absolute Gasteiger partial charge is 0.318 e. The first-order chi connectivity index (χ1) is 7.71. The summed E-state index contributed by atoms with van der Waals surface area (Å²) < 4.78 is 14.9. The van der Waals surface area contributed by atoms with Crippen LogP contribution in [0.25, 0.3) is 0 Å². The summed E-state index contributed by atoms with van der Waals surface area (Å²) in [6.45, 7) is 0.423. The molecule has 0 saturated heterocycles. The molecule has 7 heteroatoms. The van der Waals surface area contributed by atoms with Crippen molar-refractivity contribution in [2.45, 2.75) is 6.29 Å². The number of ether oxygens (including phenoxy) is 3. The standard InChI is InChI=1S/C9H14ClN3O3/c1-14-7(15-2)5-11-8-6(10)4-12-9(13-8)16-3/h4,7H,5H2,1-3H3,(H,11,12,13). The molecule has 1 aromatic heterocycles. The largest absolute Gasteiger partial charge is 0.467 e. The van der Waals surface area contributed by atoms with Crippen molar-refractivity contribution in [3.63, 3.8) is 0 Å². The predicted octanol–water partition coefficient (Wildman–Crippen LogP) is 1.17. The van der Waals surface area contributed by atoms with Gasteiger partial charge >= 0.3 is 6.01 Å². The van der Waals surface area contributed by atoms with Crippen LogP contribution in [0, 0.1) is 0 Å². The summed E-state index contributed by atoms with van der Waals surface area (Å²) in [5.41, 5.74) is 0. The van der Waals surface area contributed by atoms with E-state index in [9.17, 15) is 0 Å². The van der Waals surface area contributed by atoms with Gasteiger partial charge in [0.25, 0.3) is 0 Å². The third kappa shape index (κ3) is 3.48.